The molecule has 3 aromatic carbocycles. The number of allylic oxidation sites excluding steroid dienone is 1. The number of benzene rings is 3. The van der Waals surface area contributed by atoms with Crippen LogP contribution in [0.4, 0.5) is 5.69 Å². The maximum absolute atomic E-state index is 15.2. The SMILES string of the molecule is C=CCCC(=O)N[C@H](COC)[C@H](OC(=O)[C@@H]1[C@H]2O[C@@]3(CC2Br)[C@H](C(=O)N(CC=C)c2ccccc2Cl)N([C@@H](CO)Cc2ccccc2)C(=O)[C@@H]13)c1ccccc1. The third-order valence-electron chi connectivity index (χ3n) is 10.9. The van der Waals surface area contributed by atoms with Gasteiger partial charge >= 0.3 is 5.97 Å². The first-order valence-corrected chi connectivity index (χ1v) is 20.0. The molecule has 6 rings (SSSR count). The van der Waals surface area contributed by atoms with Crippen LogP contribution in [0.15, 0.2) is 110 Å². The Bertz CT molecular complexity index is 1900. The molecular formula is C43H47BrClN3O8. The zero-order chi connectivity index (χ0) is 40.0. The molecule has 3 aromatic rings. The van der Waals surface area contributed by atoms with E-state index in [0.717, 1.165) is 5.56 Å². The van der Waals surface area contributed by atoms with Crippen LogP contribution >= 0.6 is 27.5 Å². The summed E-state index contributed by atoms with van der Waals surface area (Å²) in [6, 6.07) is 22.4. The van der Waals surface area contributed by atoms with Crippen LogP contribution in [0.3, 0.4) is 0 Å². The molecule has 11 nitrogen and oxygen atoms in total. The molecule has 3 saturated heterocycles. The molecule has 1 spiro atoms. The Morgan fingerprint density at radius 3 is 2.39 bits per heavy atom. The summed E-state index contributed by atoms with van der Waals surface area (Å²) in [4.78, 5) is 60.6. The van der Waals surface area contributed by atoms with E-state index < -0.39 is 77.0 Å². The number of esters is 1. The van der Waals surface area contributed by atoms with E-state index in [1.54, 1.807) is 60.7 Å². The fraction of sp³-hybridized carbons (Fsp3) is 0.395. The van der Waals surface area contributed by atoms with Gasteiger partial charge in [0.1, 0.15) is 17.7 Å². The van der Waals surface area contributed by atoms with Crippen molar-refractivity contribution in [3.8, 4) is 0 Å². The van der Waals surface area contributed by atoms with Crippen molar-refractivity contribution in [1.29, 1.82) is 0 Å². The van der Waals surface area contributed by atoms with Crippen molar-refractivity contribution in [2.24, 2.45) is 11.8 Å². The van der Waals surface area contributed by atoms with Gasteiger partial charge in [-0.25, -0.2) is 0 Å². The average Bonchev–Trinajstić information content (AvgIpc) is 3.81. The van der Waals surface area contributed by atoms with Crippen molar-refractivity contribution in [2.45, 2.75) is 66.4 Å². The summed E-state index contributed by atoms with van der Waals surface area (Å²) in [7, 11) is 1.49. The van der Waals surface area contributed by atoms with Gasteiger partial charge in [-0.1, -0.05) is 112 Å². The molecule has 0 saturated carbocycles. The second-order valence-electron chi connectivity index (χ2n) is 14.3. The minimum Gasteiger partial charge on any atom is -0.455 e. The normalized spacial score (nSPS) is 25.2. The lowest BCUT2D eigenvalue weighted by molar-refractivity contribution is -0.163. The number of carbonyl (C=O) groups is 4. The number of para-hydroxylation sites is 1. The predicted octanol–water partition coefficient (Wildman–Crippen LogP) is 5.59. The number of alkyl halides is 1. The Labute approximate surface area is 340 Å². The second kappa shape index (κ2) is 18.3. The smallest absolute Gasteiger partial charge is 0.313 e. The first-order valence-electron chi connectivity index (χ1n) is 18.7. The molecule has 3 fully saturated rings. The fourth-order valence-electron chi connectivity index (χ4n) is 8.53. The topological polar surface area (TPSA) is 135 Å². The highest BCUT2D eigenvalue weighted by Gasteiger charge is 2.77. The zero-order valence-electron chi connectivity index (χ0n) is 31.2. The molecule has 56 heavy (non-hydrogen) atoms. The summed E-state index contributed by atoms with van der Waals surface area (Å²) in [5, 5.41) is 14.2. The monoisotopic (exact) mass is 847 g/mol. The van der Waals surface area contributed by atoms with E-state index in [4.69, 9.17) is 25.8 Å². The molecular weight excluding hydrogens is 802 g/mol. The van der Waals surface area contributed by atoms with Crippen molar-refractivity contribution in [1.82, 2.24) is 10.2 Å². The molecule has 3 aliphatic heterocycles. The van der Waals surface area contributed by atoms with Crippen LogP contribution in [0.1, 0.15) is 36.5 Å². The lowest BCUT2D eigenvalue weighted by Gasteiger charge is -2.39. The molecule has 2 N–H and O–H groups in total. The maximum Gasteiger partial charge on any atom is 0.313 e. The number of nitrogens with zero attached hydrogens (tertiary/aromatic N) is 2. The van der Waals surface area contributed by atoms with Crippen LogP contribution in [0.2, 0.25) is 5.02 Å². The number of anilines is 1. The highest BCUT2D eigenvalue weighted by atomic mass is 79.9. The summed E-state index contributed by atoms with van der Waals surface area (Å²) in [5.41, 5.74) is 0.392. The van der Waals surface area contributed by atoms with Crippen molar-refractivity contribution >= 4 is 56.9 Å². The zero-order valence-corrected chi connectivity index (χ0v) is 33.5. The summed E-state index contributed by atoms with van der Waals surface area (Å²) in [6.45, 7) is 7.20. The number of aliphatic hydroxyl groups excluding tert-OH is 1. The van der Waals surface area contributed by atoms with Gasteiger partial charge in [-0.3, -0.25) is 19.2 Å². The summed E-state index contributed by atoms with van der Waals surface area (Å²) in [6.07, 6.45) is 2.48. The Kier molecular flexibility index (Phi) is 13.5. The van der Waals surface area contributed by atoms with Gasteiger partial charge in [0.15, 0.2) is 0 Å². The quantitative estimate of drug-likeness (QED) is 0.0962. The average molecular weight is 849 g/mol. The minimum atomic E-state index is -1.48. The predicted molar refractivity (Wildman–Crippen MR) is 216 cm³/mol. The summed E-state index contributed by atoms with van der Waals surface area (Å²) in [5.74, 6) is -4.26. The van der Waals surface area contributed by atoms with Gasteiger partial charge in [-0.2, -0.15) is 0 Å². The highest BCUT2D eigenvalue weighted by molar-refractivity contribution is 9.09. The lowest BCUT2D eigenvalue weighted by atomic mass is 9.70. The standard InChI is InChI=1S/C43H47BrClN3O8/c1-4-6-21-34(50)46-32(26-54-3)37(28-17-11-8-12-18-28)55-42(53)35-36-40(51)48(29(25-49)23-27-15-9-7-10-16-27)39(43(36)24-30(44)38(35)56-43)41(52)47(22-5-2)33-20-14-13-19-31(33)45/h4-5,7-20,29-30,32,35-39,49H,1-2,6,21-26H2,3H3,(H,46,50)/t29-,30?,32-,35+,36-,37-,38+,39+,43-/m1/s1. The number of ether oxygens (including phenoxy) is 3. The second-order valence-corrected chi connectivity index (χ2v) is 15.9. The number of aliphatic hydroxyl groups is 1. The first kappa shape index (κ1) is 41.3. The van der Waals surface area contributed by atoms with Crippen molar-refractivity contribution < 1.29 is 38.5 Å². The summed E-state index contributed by atoms with van der Waals surface area (Å²) >= 11 is 10.4. The molecule has 13 heteroatoms. The number of hydrogen-bond donors (Lipinski definition) is 2. The Balaban J connectivity index is 1.42. The van der Waals surface area contributed by atoms with Crippen LogP contribution < -0.4 is 10.2 Å². The van der Waals surface area contributed by atoms with E-state index in [9.17, 15) is 14.7 Å². The van der Waals surface area contributed by atoms with Crippen LogP contribution in [0, 0.1) is 11.8 Å². The van der Waals surface area contributed by atoms with Gasteiger partial charge < -0.3 is 34.4 Å². The van der Waals surface area contributed by atoms with Gasteiger partial charge in [-0.05, 0) is 42.5 Å². The van der Waals surface area contributed by atoms with Crippen molar-refractivity contribution in [2.75, 3.05) is 31.8 Å². The number of methoxy groups -OCH3 is 1. The number of amides is 3. The molecule has 296 valence electrons. The van der Waals surface area contributed by atoms with Gasteiger partial charge in [0.05, 0.1) is 53.9 Å². The first-order chi connectivity index (χ1) is 27.1. The van der Waals surface area contributed by atoms with E-state index in [2.05, 4.69) is 34.4 Å². The number of likely N-dealkylation sites (tertiary alicyclic amines) is 1. The number of rotatable bonds is 18. The van der Waals surface area contributed by atoms with Gasteiger partial charge in [0.25, 0.3) is 5.91 Å². The van der Waals surface area contributed by atoms with E-state index in [1.165, 1.54) is 16.9 Å². The van der Waals surface area contributed by atoms with E-state index in [0.29, 0.717) is 22.7 Å². The molecule has 0 aliphatic carbocycles. The summed E-state index contributed by atoms with van der Waals surface area (Å²) < 4.78 is 18.7. The van der Waals surface area contributed by atoms with Crippen LogP contribution in [-0.2, 0) is 39.8 Å². The maximum atomic E-state index is 15.2. The van der Waals surface area contributed by atoms with Crippen LogP contribution in [0.25, 0.3) is 0 Å². The molecule has 3 amide bonds. The Morgan fingerprint density at radius 1 is 1.07 bits per heavy atom. The largest absolute Gasteiger partial charge is 0.455 e. The number of carbonyl (C=O) groups excluding carboxylic acids is 4. The van der Waals surface area contributed by atoms with Gasteiger partial charge in [0.2, 0.25) is 11.8 Å². The molecule has 3 aliphatic rings. The lowest BCUT2D eigenvalue weighted by Crippen LogP contribution is -2.59. The Hall–Kier alpha value is -4.33. The van der Waals surface area contributed by atoms with Gasteiger partial charge in [0, 0.05) is 24.9 Å². The molecule has 9 atom stereocenters. The number of hydrogen-bond acceptors (Lipinski definition) is 8. The molecule has 0 aromatic heterocycles. The van der Waals surface area contributed by atoms with Crippen LogP contribution in [0.5, 0.6) is 0 Å². The Morgan fingerprint density at radius 2 is 1.75 bits per heavy atom. The molecule has 1 unspecified atom stereocenters. The highest BCUT2D eigenvalue weighted by Crippen LogP contribution is 2.61. The van der Waals surface area contributed by atoms with Crippen molar-refractivity contribution in [3.05, 3.63) is 126 Å². The third kappa shape index (κ3) is 8.08. The molecule has 2 bridgehead atoms. The van der Waals surface area contributed by atoms with Crippen molar-refractivity contribution in [3.63, 3.8) is 0 Å². The minimum absolute atomic E-state index is 0.0217. The van der Waals surface area contributed by atoms with Crippen LogP contribution in [-0.4, -0.2) is 95.2 Å². The number of halogens is 2. The fourth-order valence-corrected chi connectivity index (χ4v) is 9.71. The van der Waals surface area contributed by atoms with E-state index in [-0.39, 0.29) is 38.3 Å². The number of nitrogens with one attached hydrogen (secondary N) is 1. The van der Waals surface area contributed by atoms with Gasteiger partial charge in [-0.15, -0.1) is 13.2 Å². The number of fused-ring (bicyclic) bond motifs is 1. The molecule has 3 heterocycles. The third-order valence-corrected chi connectivity index (χ3v) is 12.0. The van der Waals surface area contributed by atoms with E-state index >= 15 is 9.59 Å². The molecule has 0 radical (unpaired) electrons. The van der Waals surface area contributed by atoms with E-state index in [1.807, 2.05) is 36.4 Å².